The van der Waals surface area contributed by atoms with E-state index < -0.39 is 5.54 Å². The van der Waals surface area contributed by atoms with Crippen LogP contribution in [0.5, 0.6) is 5.75 Å². The fourth-order valence-corrected chi connectivity index (χ4v) is 3.26. The van der Waals surface area contributed by atoms with Crippen LogP contribution in [0.2, 0.25) is 0 Å². The van der Waals surface area contributed by atoms with Gasteiger partial charge in [-0.3, -0.25) is 4.79 Å². The molecule has 26 heavy (non-hydrogen) atoms. The number of piperidine rings is 1. The molecule has 0 saturated carbocycles. The zero-order valence-electron chi connectivity index (χ0n) is 16.5. The van der Waals surface area contributed by atoms with Gasteiger partial charge in [-0.25, -0.2) is 4.79 Å². The Labute approximate surface area is 156 Å². The molecule has 0 spiro atoms. The summed E-state index contributed by atoms with van der Waals surface area (Å²) < 4.78 is 5.47. The molecule has 144 valence electrons. The SMILES string of the molecule is CCOc1ccc(C(C)(C)NC(=O)[C@@H]2CCCN(C(=O)N(C)C)C2)cc1. The predicted molar refractivity (Wildman–Crippen MR) is 102 cm³/mol. The average molecular weight is 361 g/mol. The van der Waals surface area contributed by atoms with Crippen LogP contribution in [0.3, 0.4) is 0 Å². The summed E-state index contributed by atoms with van der Waals surface area (Å²) in [5, 5.41) is 3.15. The summed E-state index contributed by atoms with van der Waals surface area (Å²) in [7, 11) is 3.47. The zero-order valence-corrected chi connectivity index (χ0v) is 16.5. The molecule has 1 aromatic carbocycles. The lowest BCUT2D eigenvalue weighted by molar-refractivity contribution is -0.128. The molecule has 1 aromatic rings. The van der Waals surface area contributed by atoms with Gasteiger partial charge in [0.1, 0.15) is 5.75 Å². The molecule has 0 aromatic heterocycles. The third-order valence-electron chi connectivity index (χ3n) is 4.77. The lowest BCUT2D eigenvalue weighted by Gasteiger charge is -2.36. The molecule has 1 atom stereocenters. The summed E-state index contributed by atoms with van der Waals surface area (Å²) in [6.07, 6.45) is 1.66. The lowest BCUT2D eigenvalue weighted by Crippen LogP contribution is -2.51. The number of hydrogen-bond donors (Lipinski definition) is 1. The largest absolute Gasteiger partial charge is 0.494 e. The molecule has 1 aliphatic heterocycles. The second kappa shape index (κ2) is 8.43. The van der Waals surface area contributed by atoms with Gasteiger partial charge in [0.2, 0.25) is 5.91 Å². The normalized spacial score (nSPS) is 17.6. The maximum atomic E-state index is 12.8. The summed E-state index contributed by atoms with van der Waals surface area (Å²) >= 11 is 0. The first-order valence-electron chi connectivity index (χ1n) is 9.26. The van der Waals surface area contributed by atoms with E-state index in [2.05, 4.69) is 5.32 Å². The number of carbonyl (C=O) groups is 2. The molecule has 1 fully saturated rings. The Morgan fingerprint density at radius 2 is 1.92 bits per heavy atom. The van der Waals surface area contributed by atoms with E-state index in [1.165, 1.54) is 0 Å². The van der Waals surface area contributed by atoms with Gasteiger partial charge in [0.15, 0.2) is 0 Å². The Bertz CT molecular complexity index is 626. The fraction of sp³-hybridized carbons (Fsp3) is 0.600. The van der Waals surface area contributed by atoms with Gasteiger partial charge in [-0.1, -0.05) is 12.1 Å². The van der Waals surface area contributed by atoms with E-state index in [0.717, 1.165) is 24.2 Å². The summed E-state index contributed by atoms with van der Waals surface area (Å²) in [4.78, 5) is 28.3. The molecule has 1 heterocycles. The first-order chi connectivity index (χ1) is 12.2. The average Bonchev–Trinajstić information content (AvgIpc) is 2.61. The Hall–Kier alpha value is -2.24. The molecule has 0 aliphatic carbocycles. The topological polar surface area (TPSA) is 61.9 Å². The second-order valence-corrected chi connectivity index (χ2v) is 7.53. The smallest absolute Gasteiger partial charge is 0.319 e. The molecular weight excluding hydrogens is 330 g/mol. The lowest BCUT2D eigenvalue weighted by atomic mass is 9.91. The van der Waals surface area contributed by atoms with Crippen molar-refractivity contribution in [2.24, 2.45) is 5.92 Å². The van der Waals surface area contributed by atoms with Crippen molar-refractivity contribution in [1.82, 2.24) is 15.1 Å². The van der Waals surface area contributed by atoms with Crippen LogP contribution in [0.25, 0.3) is 0 Å². The summed E-state index contributed by atoms with van der Waals surface area (Å²) in [6, 6.07) is 7.77. The highest BCUT2D eigenvalue weighted by molar-refractivity contribution is 5.81. The molecule has 6 nitrogen and oxygen atoms in total. The Balaban J connectivity index is 2.01. The van der Waals surface area contributed by atoms with Gasteiger partial charge in [0.05, 0.1) is 18.1 Å². The number of amides is 3. The van der Waals surface area contributed by atoms with Crippen molar-refractivity contribution in [3.8, 4) is 5.75 Å². The minimum Gasteiger partial charge on any atom is -0.494 e. The number of nitrogens with one attached hydrogen (secondary N) is 1. The molecule has 1 saturated heterocycles. The molecule has 1 N–H and O–H groups in total. The van der Waals surface area contributed by atoms with E-state index in [1.54, 1.807) is 23.9 Å². The number of likely N-dealkylation sites (tertiary alicyclic amines) is 1. The van der Waals surface area contributed by atoms with Crippen molar-refractivity contribution in [3.63, 3.8) is 0 Å². The minimum absolute atomic E-state index is 0.000130. The highest BCUT2D eigenvalue weighted by Crippen LogP contribution is 2.25. The Morgan fingerprint density at radius 3 is 2.50 bits per heavy atom. The predicted octanol–water partition coefficient (Wildman–Crippen LogP) is 2.83. The van der Waals surface area contributed by atoms with E-state index in [-0.39, 0.29) is 17.9 Å². The van der Waals surface area contributed by atoms with Crippen molar-refractivity contribution >= 4 is 11.9 Å². The first-order valence-corrected chi connectivity index (χ1v) is 9.26. The van der Waals surface area contributed by atoms with Crippen LogP contribution in [-0.4, -0.2) is 55.5 Å². The number of nitrogens with zero attached hydrogens (tertiary/aromatic N) is 2. The van der Waals surface area contributed by atoms with Gasteiger partial charge >= 0.3 is 6.03 Å². The summed E-state index contributed by atoms with van der Waals surface area (Å²) in [5.41, 5.74) is 0.529. The highest BCUT2D eigenvalue weighted by atomic mass is 16.5. The second-order valence-electron chi connectivity index (χ2n) is 7.53. The third kappa shape index (κ3) is 4.90. The monoisotopic (exact) mass is 361 g/mol. The van der Waals surface area contributed by atoms with Gasteiger partial charge in [-0.2, -0.15) is 0 Å². The van der Waals surface area contributed by atoms with Crippen LogP contribution >= 0.6 is 0 Å². The van der Waals surface area contributed by atoms with Crippen molar-refractivity contribution in [3.05, 3.63) is 29.8 Å². The third-order valence-corrected chi connectivity index (χ3v) is 4.77. The molecular formula is C20H31N3O3. The first kappa shape index (κ1) is 20.1. The number of benzene rings is 1. The minimum atomic E-state index is -0.490. The number of hydrogen-bond acceptors (Lipinski definition) is 3. The molecule has 3 amide bonds. The number of carbonyl (C=O) groups excluding carboxylic acids is 2. The maximum Gasteiger partial charge on any atom is 0.319 e. The number of urea groups is 1. The van der Waals surface area contributed by atoms with Crippen molar-refractivity contribution in [2.45, 2.75) is 39.2 Å². The van der Waals surface area contributed by atoms with E-state index >= 15 is 0 Å². The van der Waals surface area contributed by atoms with Crippen molar-refractivity contribution in [1.29, 1.82) is 0 Å². The summed E-state index contributed by atoms with van der Waals surface area (Å²) in [6.45, 7) is 7.75. The van der Waals surface area contributed by atoms with Gasteiger partial charge in [0, 0.05) is 27.2 Å². The van der Waals surface area contributed by atoms with Crippen molar-refractivity contribution < 1.29 is 14.3 Å². The van der Waals surface area contributed by atoms with Crippen LogP contribution in [0.15, 0.2) is 24.3 Å². The number of rotatable bonds is 5. The molecule has 2 rings (SSSR count). The molecule has 0 bridgehead atoms. The van der Waals surface area contributed by atoms with E-state index in [9.17, 15) is 9.59 Å². The van der Waals surface area contributed by atoms with Crippen LogP contribution in [0.4, 0.5) is 4.79 Å². The quantitative estimate of drug-likeness (QED) is 0.877. The molecule has 0 radical (unpaired) electrons. The van der Waals surface area contributed by atoms with Crippen LogP contribution < -0.4 is 10.1 Å². The zero-order chi connectivity index (χ0) is 19.3. The van der Waals surface area contributed by atoms with E-state index in [4.69, 9.17) is 4.74 Å². The van der Waals surface area contributed by atoms with Crippen LogP contribution in [0.1, 0.15) is 39.2 Å². The number of ether oxygens (including phenoxy) is 1. The Kier molecular flexibility index (Phi) is 6.51. The fourth-order valence-electron chi connectivity index (χ4n) is 3.26. The maximum absolute atomic E-state index is 12.8. The highest BCUT2D eigenvalue weighted by Gasteiger charge is 2.32. The van der Waals surface area contributed by atoms with E-state index in [1.807, 2.05) is 45.0 Å². The van der Waals surface area contributed by atoms with Gasteiger partial charge in [-0.05, 0) is 51.3 Å². The summed E-state index contributed by atoms with van der Waals surface area (Å²) in [5.74, 6) is 0.651. The standard InChI is InChI=1S/C20H31N3O3/c1-6-26-17-11-9-16(10-12-17)20(2,3)21-18(24)15-8-7-13-23(14-15)19(25)22(4)5/h9-12,15H,6-8,13-14H2,1-5H3,(H,21,24)/t15-/m1/s1. The van der Waals surface area contributed by atoms with Gasteiger partial charge < -0.3 is 19.9 Å². The van der Waals surface area contributed by atoms with Crippen LogP contribution in [0, 0.1) is 5.92 Å². The molecule has 0 unspecified atom stereocenters. The van der Waals surface area contributed by atoms with E-state index in [0.29, 0.717) is 19.7 Å². The van der Waals surface area contributed by atoms with Gasteiger partial charge in [-0.15, -0.1) is 0 Å². The van der Waals surface area contributed by atoms with Crippen molar-refractivity contribution in [2.75, 3.05) is 33.8 Å². The Morgan fingerprint density at radius 1 is 1.27 bits per heavy atom. The molecule has 6 heteroatoms. The van der Waals surface area contributed by atoms with Crippen LogP contribution in [-0.2, 0) is 10.3 Å². The van der Waals surface area contributed by atoms with Gasteiger partial charge in [0.25, 0.3) is 0 Å². The molecule has 1 aliphatic rings.